The fraction of sp³-hybridized carbons (Fsp3) is 0.182. The number of carbonyl (C=O) groups is 1. The molecule has 0 radical (unpaired) electrons. The van der Waals surface area contributed by atoms with Crippen LogP contribution in [0.5, 0.6) is 0 Å². The van der Waals surface area contributed by atoms with Gasteiger partial charge in [-0.2, -0.15) is 0 Å². The van der Waals surface area contributed by atoms with Crippen molar-refractivity contribution < 1.29 is 4.79 Å². The SMILES string of the molecule is C=CCN(C(=O)CBr)c1ccccc1. The van der Waals surface area contributed by atoms with Gasteiger partial charge in [0.2, 0.25) is 5.91 Å². The van der Waals surface area contributed by atoms with Gasteiger partial charge in [0, 0.05) is 12.2 Å². The molecule has 3 heteroatoms. The Kier molecular flexibility index (Phi) is 4.40. The van der Waals surface area contributed by atoms with Crippen LogP contribution in [0, 0.1) is 0 Å². The molecule has 0 bridgehead atoms. The van der Waals surface area contributed by atoms with E-state index >= 15 is 0 Å². The third-order valence-corrected chi connectivity index (χ3v) is 2.27. The van der Waals surface area contributed by atoms with Gasteiger partial charge < -0.3 is 4.90 Å². The topological polar surface area (TPSA) is 20.3 Å². The van der Waals surface area contributed by atoms with Gasteiger partial charge in [0.1, 0.15) is 0 Å². The second-order valence-electron chi connectivity index (χ2n) is 2.76. The van der Waals surface area contributed by atoms with Gasteiger partial charge in [-0.05, 0) is 12.1 Å². The fourth-order valence-corrected chi connectivity index (χ4v) is 1.46. The van der Waals surface area contributed by atoms with Gasteiger partial charge in [-0.25, -0.2) is 0 Å². The molecule has 1 aromatic rings. The van der Waals surface area contributed by atoms with Crippen LogP contribution in [0.4, 0.5) is 5.69 Å². The summed E-state index contributed by atoms with van der Waals surface area (Å²) in [7, 11) is 0. The van der Waals surface area contributed by atoms with Gasteiger partial charge in [0.15, 0.2) is 0 Å². The minimum atomic E-state index is 0.0381. The van der Waals surface area contributed by atoms with Gasteiger partial charge in [-0.15, -0.1) is 6.58 Å². The Hall–Kier alpha value is -1.09. The number of alkyl halides is 1. The molecule has 0 fully saturated rings. The van der Waals surface area contributed by atoms with E-state index in [0.717, 1.165) is 5.69 Å². The number of amides is 1. The summed E-state index contributed by atoms with van der Waals surface area (Å²) < 4.78 is 0. The van der Waals surface area contributed by atoms with E-state index in [4.69, 9.17) is 0 Å². The molecule has 0 aliphatic carbocycles. The van der Waals surface area contributed by atoms with Crippen molar-refractivity contribution in [3.05, 3.63) is 43.0 Å². The molecular weight excluding hydrogens is 242 g/mol. The molecule has 0 saturated carbocycles. The summed E-state index contributed by atoms with van der Waals surface area (Å²) in [5, 5.41) is 0.329. The average molecular weight is 254 g/mol. The molecule has 0 aromatic heterocycles. The molecular formula is C11H12BrNO. The molecule has 1 amide bonds. The maximum Gasteiger partial charge on any atom is 0.237 e. The van der Waals surface area contributed by atoms with Crippen LogP contribution in [0.15, 0.2) is 43.0 Å². The third-order valence-electron chi connectivity index (χ3n) is 1.79. The van der Waals surface area contributed by atoms with Crippen molar-refractivity contribution >= 4 is 27.5 Å². The number of hydrogen-bond donors (Lipinski definition) is 0. The van der Waals surface area contributed by atoms with Gasteiger partial charge >= 0.3 is 0 Å². The molecule has 1 aromatic carbocycles. The van der Waals surface area contributed by atoms with Crippen LogP contribution in [0.2, 0.25) is 0 Å². The highest BCUT2D eigenvalue weighted by Gasteiger charge is 2.11. The van der Waals surface area contributed by atoms with Crippen molar-refractivity contribution in [2.45, 2.75) is 0 Å². The van der Waals surface area contributed by atoms with E-state index in [2.05, 4.69) is 22.5 Å². The summed E-state index contributed by atoms with van der Waals surface area (Å²) in [5.74, 6) is 0.0381. The van der Waals surface area contributed by atoms with E-state index in [1.54, 1.807) is 11.0 Å². The lowest BCUT2D eigenvalue weighted by Crippen LogP contribution is -2.31. The van der Waals surface area contributed by atoms with Crippen LogP contribution < -0.4 is 4.90 Å². The van der Waals surface area contributed by atoms with Gasteiger partial charge in [-0.3, -0.25) is 4.79 Å². The molecule has 1 rings (SSSR count). The summed E-state index contributed by atoms with van der Waals surface area (Å²) >= 11 is 3.16. The predicted molar refractivity (Wildman–Crippen MR) is 62.8 cm³/mol. The quantitative estimate of drug-likeness (QED) is 0.597. The lowest BCUT2D eigenvalue weighted by Gasteiger charge is -2.19. The molecule has 0 saturated heterocycles. The van der Waals surface area contributed by atoms with Crippen LogP contribution in [0.25, 0.3) is 0 Å². The number of hydrogen-bond acceptors (Lipinski definition) is 1. The van der Waals surface area contributed by atoms with Gasteiger partial charge in [-0.1, -0.05) is 40.2 Å². The Labute approximate surface area is 92.4 Å². The Morgan fingerprint density at radius 2 is 2.07 bits per heavy atom. The Morgan fingerprint density at radius 3 is 2.57 bits per heavy atom. The summed E-state index contributed by atoms with van der Waals surface area (Å²) in [6, 6.07) is 9.56. The van der Waals surface area contributed by atoms with E-state index in [0.29, 0.717) is 11.9 Å². The van der Waals surface area contributed by atoms with E-state index in [9.17, 15) is 4.79 Å². The monoisotopic (exact) mass is 253 g/mol. The highest BCUT2D eigenvalue weighted by atomic mass is 79.9. The summed E-state index contributed by atoms with van der Waals surface area (Å²) in [6.45, 7) is 4.17. The van der Waals surface area contributed by atoms with E-state index < -0.39 is 0 Å². The van der Waals surface area contributed by atoms with Gasteiger partial charge in [0.05, 0.1) is 5.33 Å². The molecule has 0 atom stereocenters. The number of carbonyl (C=O) groups excluding carboxylic acids is 1. The van der Waals surface area contributed by atoms with Crippen molar-refractivity contribution in [2.75, 3.05) is 16.8 Å². The molecule has 74 valence electrons. The molecule has 0 N–H and O–H groups in total. The maximum absolute atomic E-state index is 11.5. The summed E-state index contributed by atoms with van der Waals surface area (Å²) in [5.41, 5.74) is 0.900. The zero-order valence-electron chi connectivity index (χ0n) is 7.82. The van der Waals surface area contributed by atoms with Gasteiger partial charge in [0.25, 0.3) is 0 Å². The first-order valence-electron chi connectivity index (χ1n) is 4.32. The largest absolute Gasteiger partial charge is 0.308 e. The number of para-hydroxylation sites is 1. The summed E-state index contributed by atoms with van der Waals surface area (Å²) in [6.07, 6.45) is 1.72. The first kappa shape index (κ1) is 11.0. The lowest BCUT2D eigenvalue weighted by atomic mass is 10.3. The zero-order valence-corrected chi connectivity index (χ0v) is 9.40. The van der Waals surface area contributed by atoms with Crippen LogP contribution in [-0.4, -0.2) is 17.8 Å². The Balaban J connectivity index is 2.88. The van der Waals surface area contributed by atoms with Crippen molar-refractivity contribution in [3.63, 3.8) is 0 Å². The lowest BCUT2D eigenvalue weighted by molar-refractivity contribution is -0.115. The highest BCUT2D eigenvalue weighted by Crippen LogP contribution is 2.13. The minimum Gasteiger partial charge on any atom is -0.308 e. The molecule has 0 aliphatic heterocycles. The number of rotatable bonds is 4. The second kappa shape index (κ2) is 5.60. The maximum atomic E-state index is 11.5. The Morgan fingerprint density at radius 1 is 1.43 bits per heavy atom. The van der Waals surface area contributed by atoms with E-state index in [1.165, 1.54) is 0 Å². The Bertz CT molecular complexity index is 310. The number of nitrogens with zero attached hydrogens (tertiary/aromatic N) is 1. The van der Waals surface area contributed by atoms with E-state index in [-0.39, 0.29) is 5.91 Å². The standard InChI is InChI=1S/C11H12BrNO/c1-2-8-13(11(14)9-12)10-6-4-3-5-7-10/h2-7H,1,8-9H2. The normalized spacial score (nSPS) is 9.50. The zero-order chi connectivity index (χ0) is 10.4. The molecule has 0 spiro atoms. The van der Waals surface area contributed by atoms with Crippen molar-refractivity contribution in [3.8, 4) is 0 Å². The van der Waals surface area contributed by atoms with Crippen molar-refractivity contribution in [1.29, 1.82) is 0 Å². The van der Waals surface area contributed by atoms with Crippen LogP contribution >= 0.6 is 15.9 Å². The average Bonchev–Trinajstić information content (AvgIpc) is 2.26. The molecule has 0 aliphatic rings. The predicted octanol–water partition coefficient (Wildman–Crippen LogP) is 2.60. The minimum absolute atomic E-state index is 0.0381. The third kappa shape index (κ3) is 2.70. The number of anilines is 1. The smallest absolute Gasteiger partial charge is 0.237 e. The molecule has 0 unspecified atom stereocenters. The second-order valence-corrected chi connectivity index (χ2v) is 3.32. The first-order chi connectivity index (χ1) is 6.79. The highest BCUT2D eigenvalue weighted by molar-refractivity contribution is 9.09. The summed E-state index contributed by atoms with van der Waals surface area (Å²) in [4.78, 5) is 13.2. The molecule has 14 heavy (non-hydrogen) atoms. The fourth-order valence-electron chi connectivity index (χ4n) is 1.16. The van der Waals surface area contributed by atoms with Crippen LogP contribution in [-0.2, 0) is 4.79 Å². The van der Waals surface area contributed by atoms with Crippen molar-refractivity contribution in [1.82, 2.24) is 0 Å². The van der Waals surface area contributed by atoms with Crippen LogP contribution in [0.3, 0.4) is 0 Å². The number of halogens is 1. The first-order valence-corrected chi connectivity index (χ1v) is 5.44. The molecule has 2 nitrogen and oxygen atoms in total. The van der Waals surface area contributed by atoms with E-state index in [1.807, 2.05) is 30.3 Å². The number of benzene rings is 1. The van der Waals surface area contributed by atoms with Crippen LogP contribution in [0.1, 0.15) is 0 Å². The molecule has 0 heterocycles. The van der Waals surface area contributed by atoms with Crippen molar-refractivity contribution in [2.24, 2.45) is 0 Å².